The van der Waals surface area contributed by atoms with E-state index in [-0.39, 0.29) is 16.3 Å². The fourth-order valence-electron chi connectivity index (χ4n) is 2.63. The molecule has 0 aliphatic heterocycles. The fraction of sp³-hybridized carbons (Fsp3) is 0.118. The molecule has 1 aromatic heterocycles. The number of benzene rings is 2. The van der Waals surface area contributed by atoms with Gasteiger partial charge in [0.1, 0.15) is 16.3 Å². The molecule has 2 N–H and O–H groups in total. The SMILES string of the molecule is COc1ccccc1S(=O)(=O)N(C)c1cccc2cc(C(=O)O)[nH]c12. The number of carbonyl (C=O) groups is 1. The number of aromatic carboxylic acids is 1. The number of aromatic amines is 1. The van der Waals surface area contributed by atoms with Crippen molar-refractivity contribution >= 4 is 32.6 Å². The van der Waals surface area contributed by atoms with E-state index in [1.165, 1.54) is 26.3 Å². The Bertz CT molecular complexity index is 1060. The Morgan fingerprint density at radius 2 is 1.88 bits per heavy atom. The number of sulfonamides is 1. The molecule has 0 amide bonds. The quantitative estimate of drug-likeness (QED) is 0.729. The van der Waals surface area contributed by atoms with Gasteiger partial charge in [0.2, 0.25) is 0 Å². The van der Waals surface area contributed by atoms with E-state index in [0.29, 0.717) is 16.6 Å². The van der Waals surface area contributed by atoms with E-state index in [4.69, 9.17) is 9.84 Å². The van der Waals surface area contributed by atoms with Crippen molar-refractivity contribution in [3.63, 3.8) is 0 Å². The molecule has 2 aromatic carbocycles. The van der Waals surface area contributed by atoms with Gasteiger partial charge >= 0.3 is 5.97 Å². The largest absolute Gasteiger partial charge is 0.495 e. The van der Waals surface area contributed by atoms with Crippen molar-refractivity contribution in [2.75, 3.05) is 18.5 Å². The topological polar surface area (TPSA) is 99.7 Å². The number of methoxy groups -OCH3 is 1. The van der Waals surface area contributed by atoms with Gasteiger partial charge in [-0.15, -0.1) is 0 Å². The molecule has 0 saturated carbocycles. The molecule has 0 aliphatic rings. The highest BCUT2D eigenvalue weighted by Crippen LogP contribution is 2.32. The zero-order valence-corrected chi connectivity index (χ0v) is 14.4. The number of rotatable bonds is 5. The van der Waals surface area contributed by atoms with Gasteiger partial charge in [0.25, 0.3) is 10.0 Å². The van der Waals surface area contributed by atoms with Crippen molar-refractivity contribution in [2.45, 2.75) is 4.90 Å². The van der Waals surface area contributed by atoms with Crippen LogP contribution in [0.5, 0.6) is 5.75 Å². The van der Waals surface area contributed by atoms with Gasteiger partial charge in [0.15, 0.2) is 0 Å². The number of anilines is 1. The maximum Gasteiger partial charge on any atom is 0.352 e. The molecule has 0 atom stereocenters. The number of aromatic nitrogens is 1. The second kappa shape index (κ2) is 6.14. The van der Waals surface area contributed by atoms with Gasteiger partial charge in [0, 0.05) is 12.4 Å². The highest BCUT2D eigenvalue weighted by Gasteiger charge is 2.26. The van der Waals surface area contributed by atoms with Gasteiger partial charge in [-0.05, 0) is 24.3 Å². The Kier molecular flexibility index (Phi) is 4.13. The lowest BCUT2D eigenvalue weighted by Crippen LogP contribution is -2.27. The van der Waals surface area contributed by atoms with Crippen molar-refractivity contribution in [1.29, 1.82) is 0 Å². The number of nitrogens with one attached hydrogen (secondary N) is 1. The van der Waals surface area contributed by atoms with E-state index in [0.717, 1.165) is 4.31 Å². The average molecular weight is 360 g/mol. The molecule has 1 heterocycles. The van der Waals surface area contributed by atoms with E-state index >= 15 is 0 Å². The van der Waals surface area contributed by atoms with E-state index in [9.17, 15) is 13.2 Å². The number of hydrogen-bond acceptors (Lipinski definition) is 4. The molecule has 0 fully saturated rings. The van der Waals surface area contributed by atoms with Crippen LogP contribution in [0.25, 0.3) is 10.9 Å². The summed E-state index contributed by atoms with van der Waals surface area (Å²) in [6.45, 7) is 0. The summed E-state index contributed by atoms with van der Waals surface area (Å²) in [7, 11) is -1.08. The number of fused-ring (bicyclic) bond motifs is 1. The molecule has 3 rings (SSSR count). The van der Waals surface area contributed by atoms with Crippen molar-refractivity contribution in [3.8, 4) is 5.75 Å². The Hall–Kier alpha value is -3.00. The van der Waals surface area contributed by atoms with Crippen molar-refractivity contribution < 1.29 is 23.1 Å². The first-order chi connectivity index (χ1) is 11.9. The monoisotopic (exact) mass is 360 g/mol. The maximum atomic E-state index is 13.0. The second-order valence-electron chi connectivity index (χ2n) is 5.35. The molecule has 0 spiro atoms. The van der Waals surface area contributed by atoms with Crippen LogP contribution in [-0.4, -0.2) is 38.6 Å². The van der Waals surface area contributed by atoms with E-state index in [2.05, 4.69) is 4.98 Å². The standard InChI is InChI=1S/C17H16N2O5S/c1-19(25(22,23)15-9-4-3-8-14(15)24-2)13-7-5-6-11-10-12(17(20)21)18-16(11)13/h3-10,18H,1-2H3,(H,20,21). The molecule has 8 heteroatoms. The number of nitrogens with zero attached hydrogens (tertiary/aromatic N) is 1. The molecule has 0 radical (unpaired) electrons. The summed E-state index contributed by atoms with van der Waals surface area (Å²) in [6, 6.07) is 12.8. The summed E-state index contributed by atoms with van der Waals surface area (Å²) in [6.07, 6.45) is 0. The summed E-state index contributed by atoms with van der Waals surface area (Å²) < 4.78 is 32.3. The van der Waals surface area contributed by atoms with Crippen molar-refractivity contribution in [1.82, 2.24) is 4.98 Å². The van der Waals surface area contributed by atoms with Crippen LogP contribution in [0, 0.1) is 0 Å². The highest BCUT2D eigenvalue weighted by molar-refractivity contribution is 7.93. The van der Waals surface area contributed by atoms with Gasteiger partial charge in [-0.1, -0.05) is 24.3 Å². The van der Waals surface area contributed by atoms with Crippen molar-refractivity contribution in [3.05, 3.63) is 54.2 Å². The van der Waals surface area contributed by atoms with Crippen LogP contribution in [0.1, 0.15) is 10.5 Å². The first kappa shape index (κ1) is 16.8. The molecule has 0 saturated heterocycles. The molecule has 0 unspecified atom stereocenters. The first-order valence-electron chi connectivity index (χ1n) is 7.33. The summed E-state index contributed by atoms with van der Waals surface area (Å²) in [5, 5.41) is 9.75. The minimum Gasteiger partial charge on any atom is -0.495 e. The van der Waals surface area contributed by atoms with Gasteiger partial charge in [-0.2, -0.15) is 0 Å². The van der Waals surface area contributed by atoms with E-state index in [1.807, 2.05) is 0 Å². The van der Waals surface area contributed by atoms with Crippen LogP contribution in [-0.2, 0) is 10.0 Å². The molecule has 0 bridgehead atoms. The molecule has 3 aromatic rings. The number of H-pyrrole nitrogens is 1. The average Bonchev–Trinajstić information content (AvgIpc) is 3.05. The molecule has 130 valence electrons. The summed E-state index contributed by atoms with van der Waals surface area (Å²) in [5.74, 6) is -0.878. The number of hydrogen-bond donors (Lipinski definition) is 2. The Balaban J connectivity index is 2.16. The zero-order chi connectivity index (χ0) is 18.2. The summed E-state index contributed by atoms with van der Waals surface area (Å²) in [4.78, 5) is 14.0. The Labute approximate surface area is 144 Å². The van der Waals surface area contributed by atoms with E-state index in [1.54, 1.807) is 36.4 Å². The predicted octanol–water partition coefficient (Wildman–Crippen LogP) is 2.70. The van der Waals surface area contributed by atoms with Gasteiger partial charge in [-0.25, -0.2) is 13.2 Å². The normalized spacial score (nSPS) is 11.4. The number of para-hydroxylation sites is 2. The number of carboxylic acids is 1. The molecule has 0 aliphatic carbocycles. The smallest absolute Gasteiger partial charge is 0.352 e. The third-order valence-electron chi connectivity index (χ3n) is 3.91. The maximum absolute atomic E-state index is 13.0. The van der Waals surface area contributed by atoms with Crippen LogP contribution in [0.15, 0.2) is 53.4 Å². The van der Waals surface area contributed by atoms with Crippen LogP contribution in [0.2, 0.25) is 0 Å². The third-order valence-corrected chi connectivity index (χ3v) is 5.72. The molecular weight excluding hydrogens is 344 g/mol. The molecule has 25 heavy (non-hydrogen) atoms. The van der Waals surface area contributed by atoms with Gasteiger partial charge < -0.3 is 14.8 Å². The van der Waals surface area contributed by atoms with Crippen LogP contribution >= 0.6 is 0 Å². The molecule has 7 nitrogen and oxygen atoms in total. The van der Waals surface area contributed by atoms with E-state index < -0.39 is 16.0 Å². The fourth-order valence-corrected chi connectivity index (χ4v) is 3.99. The Morgan fingerprint density at radius 3 is 2.56 bits per heavy atom. The number of carboxylic acid groups (broad SMARTS) is 1. The van der Waals surface area contributed by atoms with Crippen LogP contribution < -0.4 is 9.04 Å². The van der Waals surface area contributed by atoms with Crippen molar-refractivity contribution in [2.24, 2.45) is 0 Å². The lowest BCUT2D eigenvalue weighted by atomic mass is 10.2. The van der Waals surface area contributed by atoms with Crippen LogP contribution in [0.4, 0.5) is 5.69 Å². The highest BCUT2D eigenvalue weighted by atomic mass is 32.2. The second-order valence-corrected chi connectivity index (χ2v) is 7.29. The lowest BCUT2D eigenvalue weighted by molar-refractivity contribution is 0.0691. The van der Waals surface area contributed by atoms with Gasteiger partial charge in [0.05, 0.1) is 18.3 Å². The predicted molar refractivity (Wildman–Crippen MR) is 93.8 cm³/mol. The third kappa shape index (κ3) is 2.80. The van der Waals surface area contributed by atoms with Crippen LogP contribution in [0.3, 0.4) is 0 Å². The number of ether oxygens (including phenoxy) is 1. The summed E-state index contributed by atoms with van der Waals surface area (Å²) in [5.41, 5.74) is 0.766. The minimum atomic E-state index is -3.90. The Morgan fingerprint density at radius 1 is 1.16 bits per heavy atom. The van der Waals surface area contributed by atoms with Gasteiger partial charge in [-0.3, -0.25) is 4.31 Å². The lowest BCUT2D eigenvalue weighted by Gasteiger charge is -2.21. The summed E-state index contributed by atoms with van der Waals surface area (Å²) >= 11 is 0. The molecular formula is C17H16N2O5S. The minimum absolute atomic E-state index is 0.00876. The zero-order valence-electron chi connectivity index (χ0n) is 13.6. The first-order valence-corrected chi connectivity index (χ1v) is 8.77.